The number of carbonyl (C=O) groups excluding carboxylic acids is 1. The van der Waals surface area contributed by atoms with Gasteiger partial charge < -0.3 is 15.4 Å². The minimum Gasteiger partial charge on any atom is -0.465 e. The van der Waals surface area contributed by atoms with Gasteiger partial charge in [0.25, 0.3) is 0 Å². The van der Waals surface area contributed by atoms with Gasteiger partial charge in [-0.15, -0.1) is 0 Å². The van der Waals surface area contributed by atoms with Gasteiger partial charge >= 0.3 is 5.97 Å². The second-order valence-electron chi connectivity index (χ2n) is 6.29. The van der Waals surface area contributed by atoms with Crippen LogP contribution in [0.1, 0.15) is 27.3 Å². The van der Waals surface area contributed by atoms with Gasteiger partial charge in [0.05, 0.1) is 18.4 Å². The standard InChI is InChI=1S/C21H22N4O2/c1-13-9-10-17(14(2)11-13)24-19-12-20(23-15(3)22-19)25-18-8-6-5-7-16(18)21(26)27-4/h5-12H,1-4H3,(H2,22,23,24,25). The maximum atomic E-state index is 12.0. The van der Waals surface area contributed by atoms with Crippen molar-refractivity contribution in [3.05, 3.63) is 71.0 Å². The SMILES string of the molecule is COC(=O)c1ccccc1Nc1cc(Nc2ccc(C)cc2C)nc(C)n1. The maximum absolute atomic E-state index is 12.0. The number of ether oxygens (including phenoxy) is 1. The van der Waals surface area contributed by atoms with Gasteiger partial charge in [-0.1, -0.05) is 29.8 Å². The molecule has 1 aromatic heterocycles. The number of rotatable bonds is 5. The Balaban J connectivity index is 1.89. The summed E-state index contributed by atoms with van der Waals surface area (Å²) in [5.41, 5.74) is 4.40. The third-order valence-electron chi connectivity index (χ3n) is 4.08. The number of benzene rings is 2. The number of nitrogens with zero attached hydrogens (tertiary/aromatic N) is 2. The molecule has 2 aromatic carbocycles. The van der Waals surface area contributed by atoms with Crippen LogP contribution in [0.25, 0.3) is 0 Å². The molecule has 0 fully saturated rings. The molecule has 0 unspecified atom stereocenters. The lowest BCUT2D eigenvalue weighted by molar-refractivity contribution is 0.0602. The summed E-state index contributed by atoms with van der Waals surface area (Å²) in [6, 6.07) is 15.1. The molecule has 0 aliphatic carbocycles. The lowest BCUT2D eigenvalue weighted by Gasteiger charge is -2.13. The molecule has 0 radical (unpaired) electrons. The van der Waals surface area contributed by atoms with Crippen molar-refractivity contribution < 1.29 is 9.53 Å². The van der Waals surface area contributed by atoms with E-state index in [1.54, 1.807) is 24.3 Å². The minimum atomic E-state index is -0.405. The first-order valence-corrected chi connectivity index (χ1v) is 8.60. The lowest BCUT2D eigenvalue weighted by Crippen LogP contribution is -2.07. The lowest BCUT2D eigenvalue weighted by atomic mass is 10.1. The number of aryl methyl sites for hydroxylation is 3. The van der Waals surface area contributed by atoms with E-state index in [4.69, 9.17) is 4.74 Å². The predicted octanol–water partition coefficient (Wildman–Crippen LogP) is 4.68. The van der Waals surface area contributed by atoms with Gasteiger partial charge in [0.2, 0.25) is 0 Å². The van der Waals surface area contributed by atoms with Gasteiger partial charge in [-0.05, 0) is 44.5 Å². The minimum absolute atomic E-state index is 0.405. The Labute approximate surface area is 158 Å². The highest BCUT2D eigenvalue weighted by Crippen LogP contribution is 2.25. The van der Waals surface area contributed by atoms with Gasteiger partial charge in [0, 0.05) is 11.8 Å². The Bertz CT molecular complexity index is 986. The summed E-state index contributed by atoms with van der Waals surface area (Å²) in [6.07, 6.45) is 0. The molecule has 27 heavy (non-hydrogen) atoms. The first kappa shape index (κ1) is 18.4. The summed E-state index contributed by atoms with van der Waals surface area (Å²) in [7, 11) is 1.36. The van der Waals surface area contributed by atoms with Crippen LogP contribution in [0.5, 0.6) is 0 Å². The molecule has 0 spiro atoms. The van der Waals surface area contributed by atoms with Crippen molar-refractivity contribution in [3.63, 3.8) is 0 Å². The van der Waals surface area contributed by atoms with Gasteiger partial charge in [-0.3, -0.25) is 0 Å². The molecule has 0 saturated heterocycles. The van der Waals surface area contributed by atoms with Crippen molar-refractivity contribution in [2.24, 2.45) is 0 Å². The van der Waals surface area contributed by atoms with Crippen LogP contribution in [-0.4, -0.2) is 23.0 Å². The molecule has 3 aromatic rings. The number of hydrogen-bond donors (Lipinski definition) is 2. The van der Waals surface area contributed by atoms with E-state index in [9.17, 15) is 4.79 Å². The van der Waals surface area contributed by atoms with Crippen LogP contribution in [0.3, 0.4) is 0 Å². The molecule has 0 saturated carbocycles. The molecule has 6 heteroatoms. The van der Waals surface area contributed by atoms with Crippen LogP contribution in [0.15, 0.2) is 48.5 Å². The van der Waals surface area contributed by atoms with E-state index in [-0.39, 0.29) is 0 Å². The van der Waals surface area contributed by atoms with Crippen molar-refractivity contribution >= 4 is 29.0 Å². The number of carbonyl (C=O) groups is 1. The summed E-state index contributed by atoms with van der Waals surface area (Å²) in [5.74, 6) is 1.47. The van der Waals surface area contributed by atoms with E-state index in [2.05, 4.69) is 46.6 Å². The van der Waals surface area contributed by atoms with Gasteiger partial charge in [0.15, 0.2) is 0 Å². The number of nitrogens with one attached hydrogen (secondary N) is 2. The zero-order valence-corrected chi connectivity index (χ0v) is 15.8. The number of esters is 1. The van der Waals surface area contributed by atoms with Gasteiger partial charge in [0.1, 0.15) is 17.5 Å². The molecule has 138 valence electrons. The van der Waals surface area contributed by atoms with E-state index in [1.807, 2.05) is 19.1 Å². The molecule has 1 heterocycles. The van der Waals surface area contributed by atoms with Crippen molar-refractivity contribution in [3.8, 4) is 0 Å². The fraction of sp³-hybridized carbons (Fsp3) is 0.190. The quantitative estimate of drug-likeness (QED) is 0.642. The van der Waals surface area contributed by atoms with Crippen LogP contribution in [0, 0.1) is 20.8 Å². The first-order chi connectivity index (χ1) is 13.0. The highest BCUT2D eigenvalue weighted by molar-refractivity contribution is 5.96. The first-order valence-electron chi connectivity index (χ1n) is 8.60. The summed E-state index contributed by atoms with van der Waals surface area (Å²) < 4.78 is 4.84. The summed E-state index contributed by atoms with van der Waals surface area (Å²) in [6.45, 7) is 5.94. The Hall–Kier alpha value is -3.41. The molecule has 0 aliphatic heterocycles. The van der Waals surface area contributed by atoms with Crippen LogP contribution in [-0.2, 0) is 4.74 Å². The Morgan fingerprint density at radius 3 is 2.22 bits per heavy atom. The summed E-state index contributed by atoms with van der Waals surface area (Å²) in [5, 5.41) is 6.52. The van der Waals surface area contributed by atoms with Gasteiger partial charge in [-0.2, -0.15) is 0 Å². The topological polar surface area (TPSA) is 76.1 Å². The van der Waals surface area contributed by atoms with E-state index in [1.165, 1.54) is 12.7 Å². The molecule has 0 aliphatic rings. The molecule has 0 atom stereocenters. The van der Waals surface area contributed by atoms with Gasteiger partial charge in [-0.25, -0.2) is 14.8 Å². The third kappa shape index (κ3) is 4.41. The Morgan fingerprint density at radius 2 is 1.56 bits per heavy atom. The third-order valence-corrected chi connectivity index (χ3v) is 4.08. The smallest absolute Gasteiger partial charge is 0.339 e. The predicted molar refractivity (Wildman–Crippen MR) is 107 cm³/mol. The van der Waals surface area contributed by atoms with Crippen LogP contribution in [0.4, 0.5) is 23.0 Å². The van der Waals surface area contributed by atoms with Crippen LogP contribution < -0.4 is 10.6 Å². The maximum Gasteiger partial charge on any atom is 0.339 e. The largest absolute Gasteiger partial charge is 0.465 e. The zero-order valence-electron chi connectivity index (χ0n) is 15.8. The number of aromatic nitrogens is 2. The monoisotopic (exact) mass is 362 g/mol. The Kier molecular flexibility index (Phi) is 5.35. The molecule has 2 N–H and O–H groups in total. The Morgan fingerprint density at radius 1 is 0.889 bits per heavy atom. The van der Waals surface area contributed by atoms with Crippen molar-refractivity contribution in [1.29, 1.82) is 0 Å². The number of para-hydroxylation sites is 1. The summed E-state index contributed by atoms with van der Waals surface area (Å²) >= 11 is 0. The van der Waals surface area contributed by atoms with E-state index >= 15 is 0 Å². The highest BCUT2D eigenvalue weighted by atomic mass is 16.5. The van der Waals surface area contributed by atoms with E-state index in [0.29, 0.717) is 28.7 Å². The molecule has 6 nitrogen and oxygen atoms in total. The normalized spacial score (nSPS) is 10.4. The number of methoxy groups -OCH3 is 1. The summed E-state index contributed by atoms with van der Waals surface area (Å²) in [4.78, 5) is 20.8. The molecule has 0 amide bonds. The second kappa shape index (κ2) is 7.86. The van der Waals surface area contributed by atoms with E-state index < -0.39 is 5.97 Å². The average Bonchev–Trinajstić information content (AvgIpc) is 2.63. The molecular weight excluding hydrogens is 340 g/mol. The number of anilines is 4. The van der Waals surface area contributed by atoms with Crippen LogP contribution >= 0.6 is 0 Å². The second-order valence-corrected chi connectivity index (χ2v) is 6.29. The van der Waals surface area contributed by atoms with Crippen molar-refractivity contribution in [2.75, 3.05) is 17.7 Å². The molecular formula is C21H22N4O2. The fourth-order valence-corrected chi connectivity index (χ4v) is 2.81. The van der Waals surface area contributed by atoms with Crippen molar-refractivity contribution in [2.45, 2.75) is 20.8 Å². The fourth-order valence-electron chi connectivity index (χ4n) is 2.81. The average molecular weight is 362 g/mol. The van der Waals surface area contributed by atoms with Crippen molar-refractivity contribution in [1.82, 2.24) is 9.97 Å². The zero-order chi connectivity index (χ0) is 19.4. The highest BCUT2D eigenvalue weighted by Gasteiger charge is 2.12. The molecule has 0 bridgehead atoms. The van der Waals surface area contributed by atoms with Crippen LogP contribution in [0.2, 0.25) is 0 Å². The van der Waals surface area contributed by atoms with E-state index in [0.717, 1.165) is 11.3 Å². The molecule has 3 rings (SSSR count). The number of hydrogen-bond acceptors (Lipinski definition) is 6.